The first-order valence-electron chi connectivity index (χ1n) is 6.77. The van der Waals surface area contributed by atoms with Gasteiger partial charge >= 0.3 is 0 Å². The van der Waals surface area contributed by atoms with Crippen LogP contribution in [0.1, 0.15) is 26.2 Å². The Morgan fingerprint density at radius 3 is 2.89 bits per heavy atom. The van der Waals surface area contributed by atoms with E-state index in [4.69, 9.17) is 4.74 Å². The van der Waals surface area contributed by atoms with Gasteiger partial charge in [0.05, 0.1) is 7.11 Å². The van der Waals surface area contributed by atoms with Gasteiger partial charge in [-0.05, 0) is 38.9 Å². The van der Waals surface area contributed by atoms with Gasteiger partial charge in [0.15, 0.2) is 0 Å². The normalized spacial score (nSPS) is 18.3. The second-order valence-electron chi connectivity index (χ2n) is 4.99. The molecule has 1 fully saturated rings. The minimum absolute atomic E-state index is 0.440. The van der Waals surface area contributed by atoms with Crippen molar-refractivity contribution in [2.75, 3.05) is 32.1 Å². The van der Waals surface area contributed by atoms with Gasteiger partial charge in [-0.3, -0.25) is 0 Å². The summed E-state index contributed by atoms with van der Waals surface area (Å²) in [5.41, 5.74) is 1.08. The van der Waals surface area contributed by atoms with E-state index in [0.717, 1.165) is 12.2 Å². The number of rotatable bonds is 5. The summed E-state index contributed by atoms with van der Waals surface area (Å²) in [4.78, 5) is 6.65. The zero-order valence-electron chi connectivity index (χ0n) is 11.4. The molecule has 0 bridgehead atoms. The second kappa shape index (κ2) is 6.59. The summed E-state index contributed by atoms with van der Waals surface area (Å²) < 4.78 is 5.12. The average molecular weight is 249 g/mol. The third kappa shape index (κ3) is 3.88. The number of pyridine rings is 1. The fraction of sp³-hybridized carbons (Fsp3) is 0.643. The summed E-state index contributed by atoms with van der Waals surface area (Å²) in [5, 5.41) is 3.50. The highest BCUT2D eigenvalue weighted by molar-refractivity contribution is 5.45. The lowest BCUT2D eigenvalue weighted by atomic mass is 10.1. The van der Waals surface area contributed by atoms with Gasteiger partial charge in [0.1, 0.15) is 0 Å². The summed E-state index contributed by atoms with van der Waals surface area (Å²) in [5.74, 6) is 0.658. The summed E-state index contributed by atoms with van der Waals surface area (Å²) in [6.45, 7) is 5.81. The van der Waals surface area contributed by atoms with Crippen molar-refractivity contribution in [3.05, 3.63) is 18.3 Å². The molecule has 1 aliphatic heterocycles. The molecule has 0 amide bonds. The second-order valence-corrected chi connectivity index (χ2v) is 4.99. The highest BCUT2D eigenvalue weighted by Gasteiger charge is 2.13. The highest BCUT2D eigenvalue weighted by atomic mass is 16.5. The molecule has 1 atom stereocenters. The zero-order valence-corrected chi connectivity index (χ0v) is 11.4. The van der Waals surface area contributed by atoms with Gasteiger partial charge in [0, 0.05) is 30.5 Å². The van der Waals surface area contributed by atoms with Gasteiger partial charge < -0.3 is 15.0 Å². The maximum atomic E-state index is 5.12. The van der Waals surface area contributed by atoms with Crippen LogP contribution < -0.4 is 10.1 Å². The van der Waals surface area contributed by atoms with Crippen LogP contribution in [0.2, 0.25) is 0 Å². The molecular weight excluding hydrogens is 226 g/mol. The Labute approximate surface area is 109 Å². The minimum atomic E-state index is 0.440. The van der Waals surface area contributed by atoms with Crippen LogP contribution >= 0.6 is 0 Å². The fourth-order valence-corrected chi connectivity index (χ4v) is 2.47. The zero-order chi connectivity index (χ0) is 12.8. The number of nitrogens with zero attached hydrogens (tertiary/aromatic N) is 2. The molecule has 1 aromatic heterocycles. The van der Waals surface area contributed by atoms with Crippen molar-refractivity contribution in [2.24, 2.45) is 0 Å². The van der Waals surface area contributed by atoms with E-state index < -0.39 is 0 Å². The first-order chi connectivity index (χ1) is 8.78. The SMILES string of the molecule is COc1cc(NC(C)CN2CCCCC2)ccn1. The van der Waals surface area contributed by atoms with Crippen LogP contribution in [0.15, 0.2) is 18.3 Å². The molecule has 1 N–H and O–H groups in total. The van der Waals surface area contributed by atoms with E-state index in [9.17, 15) is 0 Å². The van der Waals surface area contributed by atoms with Gasteiger partial charge in [-0.2, -0.15) is 0 Å². The molecule has 0 saturated carbocycles. The number of anilines is 1. The summed E-state index contributed by atoms with van der Waals surface area (Å²) >= 11 is 0. The van der Waals surface area contributed by atoms with Crippen LogP contribution in [0.4, 0.5) is 5.69 Å². The van der Waals surface area contributed by atoms with Crippen LogP contribution in [0.3, 0.4) is 0 Å². The molecule has 4 nitrogen and oxygen atoms in total. The maximum Gasteiger partial charge on any atom is 0.214 e. The van der Waals surface area contributed by atoms with Crippen LogP contribution in [0.25, 0.3) is 0 Å². The molecule has 1 saturated heterocycles. The Hall–Kier alpha value is -1.29. The number of aromatic nitrogens is 1. The van der Waals surface area contributed by atoms with E-state index in [-0.39, 0.29) is 0 Å². The predicted molar refractivity (Wildman–Crippen MR) is 74.2 cm³/mol. The maximum absolute atomic E-state index is 5.12. The number of methoxy groups -OCH3 is 1. The van der Waals surface area contributed by atoms with Crippen LogP contribution in [0.5, 0.6) is 5.88 Å². The van der Waals surface area contributed by atoms with Crippen molar-refractivity contribution < 1.29 is 4.74 Å². The Bertz CT molecular complexity index is 364. The van der Waals surface area contributed by atoms with Crippen molar-refractivity contribution in [3.63, 3.8) is 0 Å². The van der Waals surface area contributed by atoms with Gasteiger partial charge in [0.2, 0.25) is 5.88 Å². The molecule has 18 heavy (non-hydrogen) atoms. The quantitative estimate of drug-likeness (QED) is 0.869. The first-order valence-corrected chi connectivity index (χ1v) is 6.77. The summed E-state index contributed by atoms with van der Waals surface area (Å²) in [6, 6.07) is 4.36. The molecule has 2 rings (SSSR count). The fourth-order valence-electron chi connectivity index (χ4n) is 2.47. The van der Waals surface area contributed by atoms with Gasteiger partial charge in [-0.25, -0.2) is 4.98 Å². The van der Waals surface area contributed by atoms with E-state index in [2.05, 4.69) is 22.1 Å². The topological polar surface area (TPSA) is 37.4 Å². The monoisotopic (exact) mass is 249 g/mol. The number of nitrogens with one attached hydrogen (secondary N) is 1. The number of likely N-dealkylation sites (tertiary alicyclic amines) is 1. The molecule has 0 aromatic carbocycles. The summed E-state index contributed by atoms with van der Waals surface area (Å²) in [7, 11) is 1.64. The van der Waals surface area contributed by atoms with Gasteiger partial charge in [-0.15, -0.1) is 0 Å². The molecule has 1 aliphatic rings. The predicted octanol–water partition coefficient (Wildman–Crippen LogP) is 2.38. The van der Waals surface area contributed by atoms with Gasteiger partial charge in [-0.1, -0.05) is 6.42 Å². The van der Waals surface area contributed by atoms with Crippen LogP contribution in [0, 0.1) is 0 Å². The number of hydrogen-bond acceptors (Lipinski definition) is 4. The van der Waals surface area contributed by atoms with Crippen molar-refractivity contribution in [1.82, 2.24) is 9.88 Å². The van der Waals surface area contributed by atoms with E-state index in [1.165, 1.54) is 32.4 Å². The molecule has 100 valence electrons. The Balaban J connectivity index is 1.83. The van der Waals surface area contributed by atoms with Crippen LogP contribution in [-0.2, 0) is 0 Å². The number of piperidine rings is 1. The largest absolute Gasteiger partial charge is 0.481 e. The van der Waals surface area contributed by atoms with Crippen molar-refractivity contribution >= 4 is 5.69 Å². The average Bonchev–Trinajstić information content (AvgIpc) is 2.40. The van der Waals surface area contributed by atoms with Crippen LogP contribution in [-0.4, -0.2) is 42.7 Å². The first kappa shape index (κ1) is 13.1. The number of ether oxygens (including phenoxy) is 1. The molecule has 4 heteroatoms. The van der Waals surface area contributed by atoms with Crippen molar-refractivity contribution in [1.29, 1.82) is 0 Å². The molecule has 0 aliphatic carbocycles. The minimum Gasteiger partial charge on any atom is -0.481 e. The van der Waals surface area contributed by atoms with E-state index >= 15 is 0 Å². The summed E-state index contributed by atoms with van der Waals surface area (Å²) in [6.07, 6.45) is 5.85. The molecule has 1 aromatic rings. The van der Waals surface area contributed by atoms with E-state index in [1.807, 2.05) is 12.1 Å². The molecule has 0 spiro atoms. The molecule has 2 heterocycles. The Morgan fingerprint density at radius 1 is 1.39 bits per heavy atom. The lowest BCUT2D eigenvalue weighted by molar-refractivity contribution is 0.223. The van der Waals surface area contributed by atoms with Gasteiger partial charge in [0.25, 0.3) is 0 Å². The highest BCUT2D eigenvalue weighted by Crippen LogP contribution is 2.15. The lowest BCUT2D eigenvalue weighted by Gasteiger charge is -2.29. The van der Waals surface area contributed by atoms with E-state index in [0.29, 0.717) is 11.9 Å². The number of hydrogen-bond donors (Lipinski definition) is 1. The third-order valence-corrected chi connectivity index (χ3v) is 3.34. The molecule has 0 radical (unpaired) electrons. The lowest BCUT2D eigenvalue weighted by Crippen LogP contribution is -2.38. The van der Waals surface area contributed by atoms with Crippen molar-refractivity contribution in [3.8, 4) is 5.88 Å². The Morgan fingerprint density at radius 2 is 2.17 bits per heavy atom. The molecule has 1 unspecified atom stereocenters. The van der Waals surface area contributed by atoms with Crippen molar-refractivity contribution in [2.45, 2.75) is 32.2 Å². The van der Waals surface area contributed by atoms with E-state index in [1.54, 1.807) is 13.3 Å². The molecular formula is C14H23N3O. The Kier molecular flexibility index (Phi) is 4.81. The standard InChI is InChI=1S/C14H23N3O/c1-12(11-17-8-4-3-5-9-17)16-13-6-7-15-14(10-13)18-2/h6-7,10,12H,3-5,8-9,11H2,1-2H3,(H,15,16). The smallest absolute Gasteiger partial charge is 0.214 e. The third-order valence-electron chi connectivity index (χ3n) is 3.34.